The molecule has 0 heterocycles. The van der Waals surface area contributed by atoms with E-state index < -0.39 is 0 Å². The lowest BCUT2D eigenvalue weighted by Crippen LogP contribution is -1.94. The van der Waals surface area contributed by atoms with E-state index in [0.29, 0.717) is 6.61 Å². The van der Waals surface area contributed by atoms with Crippen molar-refractivity contribution in [1.82, 2.24) is 0 Å². The van der Waals surface area contributed by atoms with E-state index in [2.05, 4.69) is 65.1 Å². The predicted octanol–water partition coefficient (Wildman–Crippen LogP) is 5.02. The Morgan fingerprint density at radius 1 is 0.842 bits per heavy atom. The Morgan fingerprint density at radius 3 is 2.53 bits per heavy atom. The van der Waals surface area contributed by atoms with Gasteiger partial charge in [0.25, 0.3) is 0 Å². The molecule has 0 N–H and O–H groups in total. The standard InChI is InChI=1S/C17H13IO/c18-17-8-4-7-14-9-10-15(11-16(14)17)19-12-13-5-2-1-3-6-13/h1-11H,12H2. The third-order valence-corrected chi connectivity index (χ3v) is 3.99. The van der Waals surface area contributed by atoms with E-state index in [1.54, 1.807) is 0 Å². The van der Waals surface area contributed by atoms with Gasteiger partial charge in [-0.15, -0.1) is 0 Å². The normalized spacial score (nSPS) is 10.6. The molecule has 0 radical (unpaired) electrons. The predicted molar refractivity (Wildman–Crippen MR) is 87.4 cm³/mol. The lowest BCUT2D eigenvalue weighted by molar-refractivity contribution is 0.306. The van der Waals surface area contributed by atoms with Crippen LogP contribution < -0.4 is 4.74 Å². The van der Waals surface area contributed by atoms with Gasteiger partial charge in [0.15, 0.2) is 0 Å². The fourth-order valence-corrected chi connectivity index (χ4v) is 2.72. The third-order valence-electron chi connectivity index (χ3n) is 3.05. The maximum atomic E-state index is 5.85. The summed E-state index contributed by atoms with van der Waals surface area (Å²) in [6.45, 7) is 0.607. The van der Waals surface area contributed by atoms with Crippen molar-refractivity contribution in [2.24, 2.45) is 0 Å². The minimum Gasteiger partial charge on any atom is -0.489 e. The number of rotatable bonds is 3. The molecule has 1 nitrogen and oxygen atoms in total. The van der Waals surface area contributed by atoms with E-state index in [4.69, 9.17) is 4.74 Å². The molecule has 3 aromatic rings. The average molecular weight is 360 g/mol. The number of hydrogen-bond acceptors (Lipinski definition) is 1. The summed E-state index contributed by atoms with van der Waals surface area (Å²) in [5.74, 6) is 0.917. The molecule has 0 aliphatic heterocycles. The van der Waals surface area contributed by atoms with Crippen molar-refractivity contribution in [1.29, 1.82) is 0 Å². The molecule has 0 unspecified atom stereocenters. The van der Waals surface area contributed by atoms with Crippen LogP contribution in [0.1, 0.15) is 5.56 Å². The van der Waals surface area contributed by atoms with Gasteiger partial charge in [0, 0.05) is 3.57 Å². The molecule has 0 atom stereocenters. The van der Waals surface area contributed by atoms with Crippen molar-refractivity contribution in [3.8, 4) is 5.75 Å². The summed E-state index contributed by atoms with van der Waals surface area (Å²) < 4.78 is 7.10. The van der Waals surface area contributed by atoms with Crippen molar-refractivity contribution in [3.05, 3.63) is 75.9 Å². The first-order chi connectivity index (χ1) is 9.33. The van der Waals surface area contributed by atoms with Crippen molar-refractivity contribution >= 4 is 33.4 Å². The molecule has 0 saturated heterocycles. The van der Waals surface area contributed by atoms with Crippen molar-refractivity contribution in [2.45, 2.75) is 6.61 Å². The molecule has 0 fully saturated rings. The van der Waals surface area contributed by atoms with Gasteiger partial charge in [-0.25, -0.2) is 0 Å². The summed E-state index contributed by atoms with van der Waals surface area (Å²) in [4.78, 5) is 0. The maximum Gasteiger partial charge on any atom is 0.120 e. The van der Waals surface area contributed by atoms with Gasteiger partial charge < -0.3 is 4.74 Å². The molecular formula is C17H13IO. The summed E-state index contributed by atoms with van der Waals surface area (Å²) in [5.41, 5.74) is 1.19. The first-order valence-corrected chi connectivity index (χ1v) is 7.26. The zero-order valence-electron chi connectivity index (χ0n) is 10.3. The molecule has 19 heavy (non-hydrogen) atoms. The number of halogens is 1. The first kappa shape index (κ1) is 12.5. The molecule has 3 aromatic carbocycles. The van der Waals surface area contributed by atoms with Crippen LogP contribution in [-0.4, -0.2) is 0 Å². The Labute approximate surface area is 126 Å². The molecule has 0 amide bonds. The van der Waals surface area contributed by atoms with Crippen LogP contribution in [0.3, 0.4) is 0 Å². The minimum absolute atomic E-state index is 0.607. The molecule has 0 aromatic heterocycles. The van der Waals surface area contributed by atoms with Crippen LogP contribution in [0.2, 0.25) is 0 Å². The number of benzene rings is 3. The van der Waals surface area contributed by atoms with Crippen LogP contribution in [-0.2, 0) is 6.61 Å². The van der Waals surface area contributed by atoms with Gasteiger partial charge in [-0.05, 0) is 57.1 Å². The lowest BCUT2D eigenvalue weighted by atomic mass is 10.1. The SMILES string of the molecule is Ic1cccc2ccc(OCc3ccccc3)cc12. The number of ether oxygens (including phenoxy) is 1. The summed E-state index contributed by atoms with van der Waals surface area (Å²) in [5, 5.41) is 2.49. The maximum absolute atomic E-state index is 5.85. The Kier molecular flexibility index (Phi) is 3.69. The lowest BCUT2D eigenvalue weighted by Gasteiger charge is -2.08. The second-order valence-corrected chi connectivity index (χ2v) is 5.56. The summed E-state index contributed by atoms with van der Waals surface area (Å²) in [7, 11) is 0. The van der Waals surface area contributed by atoms with Gasteiger partial charge in [0.2, 0.25) is 0 Å². The van der Waals surface area contributed by atoms with Crippen LogP contribution in [0.25, 0.3) is 10.8 Å². The molecule has 94 valence electrons. The van der Waals surface area contributed by atoms with Gasteiger partial charge in [-0.3, -0.25) is 0 Å². The zero-order chi connectivity index (χ0) is 13.1. The topological polar surface area (TPSA) is 9.23 Å². The van der Waals surface area contributed by atoms with Gasteiger partial charge in [-0.2, -0.15) is 0 Å². The van der Waals surface area contributed by atoms with Crippen molar-refractivity contribution in [3.63, 3.8) is 0 Å². The smallest absolute Gasteiger partial charge is 0.120 e. The Balaban J connectivity index is 1.84. The zero-order valence-corrected chi connectivity index (χ0v) is 12.5. The van der Waals surface area contributed by atoms with Crippen LogP contribution in [0, 0.1) is 3.57 Å². The second-order valence-electron chi connectivity index (χ2n) is 4.40. The summed E-state index contributed by atoms with van der Waals surface area (Å²) in [6.07, 6.45) is 0. The van der Waals surface area contributed by atoms with Gasteiger partial charge in [0.1, 0.15) is 12.4 Å². The Morgan fingerprint density at radius 2 is 1.68 bits per heavy atom. The molecule has 0 aliphatic rings. The van der Waals surface area contributed by atoms with E-state index in [9.17, 15) is 0 Å². The number of hydrogen-bond donors (Lipinski definition) is 0. The molecule has 0 bridgehead atoms. The van der Waals surface area contributed by atoms with Crippen molar-refractivity contribution < 1.29 is 4.74 Å². The second kappa shape index (κ2) is 5.61. The van der Waals surface area contributed by atoms with Crippen molar-refractivity contribution in [2.75, 3.05) is 0 Å². The Hall–Kier alpha value is -1.55. The largest absolute Gasteiger partial charge is 0.489 e. The van der Waals surface area contributed by atoms with Crippen LogP contribution in [0.4, 0.5) is 0 Å². The molecule has 3 rings (SSSR count). The molecule has 0 spiro atoms. The highest BCUT2D eigenvalue weighted by molar-refractivity contribution is 14.1. The monoisotopic (exact) mass is 360 g/mol. The summed E-state index contributed by atoms with van der Waals surface area (Å²) in [6, 6.07) is 22.8. The van der Waals surface area contributed by atoms with E-state index in [1.807, 2.05) is 24.3 Å². The highest BCUT2D eigenvalue weighted by atomic mass is 127. The third kappa shape index (κ3) is 2.89. The quantitative estimate of drug-likeness (QED) is 0.596. The highest BCUT2D eigenvalue weighted by Crippen LogP contribution is 2.25. The fourth-order valence-electron chi connectivity index (χ4n) is 2.04. The van der Waals surface area contributed by atoms with Gasteiger partial charge in [0.05, 0.1) is 0 Å². The van der Waals surface area contributed by atoms with E-state index in [1.165, 1.54) is 19.9 Å². The van der Waals surface area contributed by atoms with Crippen LogP contribution in [0.5, 0.6) is 5.75 Å². The number of fused-ring (bicyclic) bond motifs is 1. The van der Waals surface area contributed by atoms with E-state index in [0.717, 1.165) is 5.75 Å². The van der Waals surface area contributed by atoms with Gasteiger partial charge in [-0.1, -0.05) is 48.5 Å². The molecular weight excluding hydrogens is 347 g/mol. The summed E-state index contributed by atoms with van der Waals surface area (Å²) >= 11 is 2.36. The molecule has 0 aliphatic carbocycles. The van der Waals surface area contributed by atoms with E-state index in [-0.39, 0.29) is 0 Å². The fraction of sp³-hybridized carbons (Fsp3) is 0.0588. The molecule has 2 heteroatoms. The highest BCUT2D eigenvalue weighted by Gasteiger charge is 2.01. The van der Waals surface area contributed by atoms with Gasteiger partial charge >= 0.3 is 0 Å². The molecule has 0 saturated carbocycles. The van der Waals surface area contributed by atoms with Crippen LogP contribution >= 0.6 is 22.6 Å². The minimum atomic E-state index is 0.607. The Bertz CT molecular complexity index is 692. The van der Waals surface area contributed by atoms with E-state index >= 15 is 0 Å². The average Bonchev–Trinajstić information content (AvgIpc) is 2.47. The first-order valence-electron chi connectivity index (χ1n) is 6.18. The van der Waals surface area contributed by atoms with Crippen LogP contribution in [0.15, 0.2) is 66.7 Å².